The van der Waals surface area contributed by atoms with Crippen molar-refractivity contribution in [2.75, 3.05) is 20.8 Å². The lowest BCUT2D eigenvalue weighted by Crippen LogP contribution is -2.28. The van der Waals surface area contributed by atoms with Crippen molar-refractivity contribution < 1.29 is 19.0 Å². The maximum Gasteiger partial charge on any atom is 0.258 e. The van der Waals surface area contributed by atoms with Gasteiger partial charge in [0.2, 0.25) is 0 Å². The van der Waals surface area contributed by atoms with E-state index in [0.717, 1.165) is 22.4 Å². The Bertz CT molecular complexity index is 713. The lowest BCUT2D eigenvalue weighted by Gasteiger charge is -2.14. The number of aryl methyl sites for hydroxylation is 2. The van der Waals surface area contributed by atoms with Crippen LogP contribution in [-0.4, -0.2) is 26.7 Å². The molecule has 0 aliphatic rings. The van der Waals surface area contributed by atoms with E-state index in [9.17, 15) is 4.79 Å². The minimum atomic E-state index is -0.174. The zero-order chi connectivity index (χ0) is 17.5. The Morgan fingerprint density at radius 1 is 0.958 bits per heavy atom. The number of ether oxygens (including phenoxy) is 3. The Hall–Kier alpha value is -2.69. The predicted octanol–water partition coefficient (Wildman–Crippen LogP) is 3.02. The molecule has 0 heterocycles. The van der Waals surface area contributed by atoms with Gasteiger partial charge in [0, 0.05) is 6.54 Å². The van der Waals surface area contributed by atoms with Crippen molar-refractivity contribution in [3.05, 3.63) is 53.1 Å². The highest BCUT2D eigenvalue weighted by Gasteiger charge is 2.10. The SMILES string of the molecule is COc1cc(C)c(CNC(=O)COc2ccccc2C)cc1OC. The van der Waals surface area contributed by atoms with Gasteiger partial charge in [-0.3, -0.25) is 4.79 Å². The van der Waals surface area contributed by atoms with Gasteiger partial charge in [-0.1, -0.05) is 18.2 Å². The molecule has 0 saturated heterocycles. The standard InChI is InChI=1S/C19H23NO4/c1-13-7-5-6-8-16(13)24-12-19(21)20-11-15-10-18(23-4)17(22-3)9-14(15)2/h5-10H,11-12H2,1-4H3,(H,20,21). The Morgan fingerprint density at radius 3 is 2.29 bits per heavy atom. The molecule has 2 aromatic rings. The van der Waals surface area contributed by atoms with E-state index in [2.05, 4.69) is 5.32 Å². The number of rotatable bonds is 7. The average molecular weight is 329 g/mol. The van der Waals surface area contributed by atoms with Gasteiger partial charge in [-0.05, 0) is 48.7 Å². The summed E-state index contributed by atoms with van der Waals surface area (Å²) in [5.41, 5.74) is 2.99. The van der Waals surface area contributed by atoms with E-state index >= 15 is 0 Å². The van der Waals surface area contributed by atoms with Gasteiger partial charge in [0.25, 0.3) is 5.91 Å². The normalized spacial score (nSPS) is 10.2. The van der Waals surface area contributed by atoms with Crippen LogP contribution in [-0.2, 0) is 11.3 Å². The maximum absolute atomic E-state index is 12.0. The van der Waals surface area contributed by atoms with Crippen LogP contribution in [0.5, 0.6) is 17.2 Å². The summed E-state index contributed by atoms with van der Waals surface area (Å²) in [4.78, 5) is 12.0. The van der Waals surface area contributed by atoms with Crippen LogP contribution in [0.15, 0.2) is 36.4 Å². The molecule has 0 aliphatic heterocycles. The summed E-state index contributed by atoms with van der Waals surface area (Å²) in [7, 11) is 3.19. The smallest absolute Gasteiger partial charge is 0.258 e. The maximum atomic E-state index is 12.0. The van der Waals surface area contributed by atoms with Gasteiger partial charge in [0.05, 0.1) is 14.2 Å². The van der Waals surface area contributed by atoms with Gasteiger partial charge < -0.3 is 19.5 Å². The largest absolute Gasteiger partial charge is 0.493 e. The first-order valence-corrected chi connectivity index (χ1v) is 7.71. The molecule has 0 aromatic heterocycles. The molecule has 0 bridgehead atoms. The van der Waals surface area contributed by atoms with Crippen molar-refractivity contribution >= 4 is 5.91 Å². The van der Waals surface area contributed by atoms with Crippen LogP contribution < -0.4 is 19.5 Å². The molecule has 5 nitrogen and oxygen atoms in total. The quantitative estimate of drug-likeness (QED) is 0.848. The molecule has 0 saturated carbocycles. The van der Waals surface area contributed by atoms with Crippen molar-refractivity contribution in [2.24, 2.45) is 0 Å². The zero-order valence-electron chi connectivity index (χ0n) is 14.5. The van der Waals surface area contributed by atoms with Crippen molar-refractivity contribution in [1.29, 1.82) is 0 Å². The summed E-state index contributed by atoms with van der Waals surface area (Å²) in [6.07, 6.45) is 0. The Labute approximate surface area is 142 Å². The van der Waals surface area contributed by atoms with Crippen molar-refractivity contribution in [1.82, 2.24) is 5.32 Å². The minimum Gasteiger partial charge on any atom is -0.493 e. The second-order valence-electron chi connectivity index (χ2n) is 5.46. The fraction of sp³-hybridized carbons (Fsp3) is 0.316. The number of hydrogen-bond donors (Lipinski definition) is 1. The first-order valence-electron chi connectivity index (χ1n) is 7.71. The van der Waals surface area contributed by atoms with E-state index < -0.39 is 0 Å². The molecular formula is C19H23NO4. The second kappa shape index (κ2) is 8.24. The van der Waals surface area contributed by atoms with Gasteiger partial charge in [-0.25, -0.2) is 0 Å². The zero-order valence-corrected chi connectivity index (χ0v) is 14.5. The number of benzene rings is 2. The second-order valence-corrected chi connectivity index (χ2v) is 5.46. The predicted molar refractivity (Wildman–Crippen MR) is 92.8 cm³/mol. The van der Waals surface area contributed by atoms with Crippen molar-refractivity contribution in [3.63, 3.8) is 0 Å². The highest BCUT2D eigenvalue weighted by Crippen LogP contribution is 2.30. The first-order chi connectivity index (χ1) is 11.5. The summed E-state index contributed by atoms with van der Waals surface area (Å²) >= 11 is 0. The van der Waals surface area contributed by atoms with Crippen LogP contribution in [0.4, 0.5) is 0 Å². The third kappa shape index (κ3) is 4.41. The van der Waals surface area contributed by atoms with Crippen molar-refractivity contribution in [2.45, 2.75) is 20.4 Å². The van der Waals surface area contributed by atoms with E-state index in [-0.39, 0.29) is 12.5 Å². The molecule has 0 aliphatic carbocycles. The van der Waals surface area contributed by atoms with Gasteiger partial charge in [0.15, 0.2) is 18.1 Å². The molecule has 0 fully saturated rings. The third-order valence-corrected chi connectivity index (χ3v) is 3.77. The van der Waals surface area contributed by atoms with E-state index in [1.807, 2.05) is 50.2 Å². The first kappa shape index (κ1) is 17.7. The fourth-order valence-corrected chi connectivity index (χ4v) is 2.32. The average Bonchev–Trinajstić information content (AvgIpc) is 2.59. The fourth-order valence-electron chi connectivity index (χ4n) is 2.32. The van der Waals surface area contributed by atoms with E-state index in [0.29, 0.717) is 18.0 Å². The van der Waals surface area contributed by atoms with E-state index in [1.54, 1.807) is 14.2 Å². The lowest BCUT2D eigenvalue weighted by atomic mass is 10.1. The highest BCUT2D eigenvalue weighted by atomic mass is 16.5. The number of nitrogens with one attached hydrogen (secondary N) is 1. The molecule has 24 heavy (non-hydrogen) atoms. The molecule has 1 N–H and O–H groups in total. The van der Waals surface area contributed by atoms with Crippen molar-refractivity contribution in [3.8, 4) is 17.2 Å². The number of carbonyl (C=O) groups is 1. The van der Waals surface area contributed by atoms with Gasteiger partial charge in [-0.2, -0.15) is 0 Å². The van der Waals surface area contributed by atoms with Crippen LogP contribution in [0.3, 0.4) is 0 Å². The summed E-state index contributed by atoms with van der Waals surface area (Å²) in [6.45, 7) is 4.30. The molecule has 128 valence electrons. The third-order valence-electron chi connectivity index (χ3n) is 3.77. The van der Waals surface area contributed by atoms with Crippen LogP contribution >= 0.6 is 0 Å². The Balaban J connectivity index is 1.93. The van der Waals surface area contributed by atoms with E-state index in [1.165, 1.54) is 0 Å². The number of hydrogen-bond acceptors (Lipinski definition) is 4. The molecule has 2 rings (SSSR count). The summed E-state index contributed by atoms with van der Waals surface area (Å²) < 4.78 is 16.1. The van der Waals surface area contributed by atoms with E-state index in [4.69, 9.17) is 14.2 Å². The summed E-state index contributed by atoms with van der Waals surface area (Å²) in [5, 5.41) is 2.86. The molecule has 0 radical (unpaired) electrons. The molecule has 1 amide bonds. The highest BCUT2D eigenvalue weighted by molar-refractivity contribution is 5.77. The summed E-state index contributed by atoms with van der Waals surface area (Å²) in [6, 6.07) is 11.4. The molecule has 0 spiro atoms. The van der Waals surface area contributed by atoms with Crippen LogP contribution in [0.2, 0.25) is 0 Å². The Kier molecular flexibility index (Phi) is 6.07. The van der Waals surface area contributed by atoms with Crippen LogP contribution in [0.25, 0.3) is 0 Å². The number of amides is 1. The molecule has 0 atom stereocenters. The monoisotopic (exact) mass is 329 g/mol. The number of para-hydroxylation sites is 1. The topological polar surface area (TPSA) is 56.8 Å². The molecular weight excluding hydrogens is 306 g/mol. The Morgan fingerprint density at radius 2 is 1.62 bits per heavy atom. The van der Waals surface area contributed by atoms with Gasteiger partial charge >= 0.3 is 0 Å². The molecule has 5 heteroatoms. The number of carbonyl (C=O) groups excluding carboxylic acids is 1. The molecule has 2 aromatic carbocycles. The minimum absolute atomic E-state index is 0.0167. The van der Waals surface area contributed by atoms with Crippen LogP contribution in [0.1, 0.15) is 16.7 Å². The van der Waals surface area contributed by atoms with Gasteiger partial charge in [-0.15, -0.1) is 0 Å². The number of methoxy groups -OCH3 is 2. The summed E-state index contributed by atoms with van der Waals surface area (Å²) in [5.74, 6) is 1.86. The molecule has 0 unspecified atom stereocenters. The van der Waals surface area contributed by atoms with Gasteiger partial charge in [0.1, 0.15) is 5.75 Å². The van der Waals surface area contributed by atoms with Crippen LogP contribution in [0, 0.1) is 13.8 Å². The lowest BCUT2D eigenvalue weighted by molar-refractivity contribution is -0.123.